The van der Waals surface area contributed by atoms with Gasteiger partial charge in [0, 0.05) is 23.3 Å². The Bertz CT molecular complexity index is 608. The summed E-state index contributed by atoms with van der Waals surface area (Å²) in [7, 11) is 0. The van der Waals surface area contributed by atoms with Crippen molar-refractivity contribution in [3.8, 4) is 5.75 Å². The van der Waals surface area contributed by atoms with E-state index in [1.807, 2.05) is 0 Å². The van der Waals surface area contributed by atoms with Gasteiger partial charge in [0.05, 0.1) is 21.9 Å². The summed E-state index contributed by atoms with van der Waals surface area (Å²) in [5, 5.41) is 3.13. The van der Waals surface area contributed by atoms with Crippen LogP contribution in [0.25, 0.3) is 0 Å². The van der Waals surface area contributed by atoms with Crippen molar-refractivity contribution in [3.63, 3.8) is 0 Å². The molecule has 1 aromatic carbocycles. The fourth-order valence-electron chi connectivity index (χ4n) is 1.51. The summed E-state index contributed by atoms with van der Waals surface area (Å²) < 4.78 is 5.02. The van der Waals surface area contributed by atoms with Gasteiger partial charge >= 0.3 is 12.1 Å². The molecule has 0 saturated carbocycles. The van der Waals surface area contributed by atoms with Gasteiger partial charge in [0.2, 0.25) is 0 Å². The molecular formula is C12H10Cl5N3O4. The zero-order valence-electron chi connectivity index (χ0n) is 11.8. The molecule has 0 heterocycles. The second-order valence-electron chi connectivity index (χ2n) is 4.08. The van der Waals surface area contributed by atoms with Crippen LogP contribution in [-0.2, 0) is 0 Å². The van der Waals surface area contributed by atoms with Gasteiger partial charge in [0.1, 0.15) is 0 Å². The maximum Gasteiger partial charge on any atom is 0.423 e. The standard InChI is InChI=1S/C12H10Cl5N3O4/c13-1-3-19(11(21)20(18-23)4-2-14)12(22)24-10-8(16)5-7(15)6-9(10)17/h5-6H,1-4H2. The Morgan fingerprint density at radius 2 is 1.58 bits per heavy atom. The number of benzene rings is 1. The van der Waals surface area contributed by atoms with E-state index in [9.17, 15) is 14.5 Å². The molecule has 1 aromatic rings. The number of carbonyl (C=O) groups excluding carboxylic acids is 2. The number of ether oxygens (including phenoxy) is 1. The van der Waals surface area contributed by atoms with Gasteiger partial charge in [-0.15, -0.1) is 28.1 Å². The monoisotopic (exact) mass is 435 g/mol. The third-order valence-electron chi connectivity index (χ3n) is 2.53. The molecular weight excluding hydrogens is 427 g/mol. The SMILES string of the molecule is O=NN(CCCl)C(=O)N(CCCl)C(=O)Oc1c(Cl)cc(Cl)cc1Cl. The van der Waals surface area contributed by atoms with Crippen LogP contribution < -0.4 is 4.74 Å². The van der Waals surface area contributed by atoms with E-state index in [2.05, 4.69) is 5.29 Å². The van der Waals surface area contributed by atoms with Crippen molar-refractivity contribution in [2.75, 3.05) is 24.8 Å². The zero-order valence-corrected chi connectivity index (χ0v) is 15.6. The number of carbonyl (C=O) groups is 2. The average molecular weight is 437 g/mol. The molecule has 0 fully saturated rings. The molecule has 0 saturated heterocycles. The highest BCUT2D eigenvalue weighted by Gasteiger charge is 2.29. The fourth-order valence-corrected chi connectivity index (χ4v) is 2.73. The molecule has 0 radical (unpaired) electrons. The maximum absolute atomic E-state index is 12.2. The summed E-state index contributed by atoms with van der Waals surface area (Å²) in [6, 6.07) is 1.56. The summed E-state index contributed by atoms with van der Waals surface area (Å²) in [4.78, 5) is 35.7. The first-order chi connectivity index (χ1) is 11.3. The highest BCUT2D eigenvalue weighted by molar-refractivity contribution is 6.40. The van der Waals surface area contributed by atoms with Crippen LogP contribution in [0.15, 0.2) is 17.4 Å². The van der Waals surface area contributed by atoms with Gasteiger partial charge in [0.15, 0.2) is 5.75 Å². The van der Waals surface area contributed by atoms with Crippen LogP contribution >= 0.6 is 58.0 Å². The van der Waals surface area contributed by atoms with Crippen molar-refractivity contribution >= 4 is 70.1 Å². The molecule has 3 amide bonds. The van der Waals surface area contributed by atoms with Crippen LogP contribution in [0.3, 0.4) is 0 Å². The zero-order chi connectivity index (χ0) is 18.3. The maximum atomic E-state index is 12.2. The summed E-state index contributed by atoms with van der Waals surface area (Å²) >= 11 is 28.6. The largest absolute Gasteiger partial charge is 0.423 e. The smallest absolute Gasteiger partial charge is 0.407 e. The number of imide groups is 1. The molecule has 0 aliphatic rings. The quantitative estimate of drug-likeness (QED) is 0.355. The van der Waals surface area contributed by atoms with Crippen LogP contribution in [0.1, 0.15) is 0 Å². The molecule has 0 bridgehead atoms. The summed E-state index contributed by atoms with van der Waals surface area (Å²) in [5.74, 6) is -0.352. The van der Waals surface area contributed by atoms with Gasteiger partial charge in [-0.05, 0) is 12.1 Å². The second-order valence-corrected chi connectivity index (χ2v) is 6.09. The number of halogens is 5. The minimum absolute atomic E-state index is 0.0368. The Hall–Kier alpha value is -0.990. The van der Waals surface area contributed by atoms with Gasteiger partial charge in [0.25, 0.3) is 0 Å². The Kier molecular flexibility index (Phi) is 8.86. The third-order valence-corrected chi connectivity index (χ3v) is 3.65. The average Bonchev–Trinajstić information content (AvgIpc) is 2.52. The molecule has 0 atom stereocenters. The van der Waals surface area contributed by atoms with E-state index in [0.29, 0.717) is 9.91 Å². The fraction of sp³-hybridized carbons (Fsp3) is 0.333. The van der Waals surface area contributed by atoms with Crippen molar-refractivity contribution < 1.29 is 14.3 Å². The van der Waals surface area contributed by atoms with Crippen LogP contribution in [0.5, 0.6) is 5.75 Å². The molecule has 12 heteroatoms. The number of alkyl halides is 2. The highest BCUT2D eigenvalue weighted by atomic mass is 35.5. The molecule has 0 N–H and O–H groups in total. The van der Waals surface area contributed by atoms with Crippen LogP contribution in [0.2, 0.25) is 15.1 Å². The Morgan fingerprint density at radius 3 is 2.04 bits per heavy atom. The van der Waals surface area contributed by atoms with Crippen LogP contribution in [0, 0.1) is 4.91 Å². The normalized spacial score (nSPS) is 10.2. The highest BCUT2D eigenvalue weighted by Crippen LogP contribution is 2.36. The lowest BCUT2D eigenvalue weighted by atomic mass is 10.3. The molecule has 1 rings (SSSR count). The van der Waals surface area contributed by atoms with Crippen molar-refractivity contribution in [1.29, 1.82) is 0 Å². The van der Waals surface area contributed by atoms with Crippen molar-refractivity contribution in [1.82, 2.24) is 9.91 Å². The summed E-state index contributed by atoms with van der Waals surface area (Å²) in [5.41, 5.74) is 0. The van der Waals surface area contributed by atoms with Crippen molar-refractivity contribution in [2.24, 2.45) is 5.29 Å². The molecule has 24 heavy (non-hydrogen) atoms. The first-order valence-electron chi connectivity index (χ1n) is 6.26. The second kappa shape index (κ2) is 10.1. The molecule has 0 aliphatic heterocycles. The van der Waals surface area contributed by atoms with E-state index in [1.165, 1.54) is 12.1 Å². The van der Waals surface area contributed by atoms with E-state index in [1.54, 1.807) is 0 Å². The van der Waals surface area contributed by atoms with Crippen LogP contribution in [-0.4, -0.2) is 46.9 Å². The van der Waals surface area contributed by atoms with Gasteiger partial charge in [-0.25, -0.2) is 14.5 Å². The Morgan fingerprint density at radius 1 is 1.04 bits per heavy atom. The van der Waals surface area contributed by atoms with Gasteiger partial charge in [-0.1, -0.05) is 34.8 Å². The first kappa shape index (κ1) is 21.1. The number of amides is 3. The molecule has 0 unspecified atom stereocenters. The van der Waals surface area contributed by atoms with Gasteiger partial charge in [-0.3, -0.25) is 0 Å². The van der Waals surface area contributed by atoms with Crippen LogP contribution in [0.4, 0.5) is 9.59 Å². The van der Waals surface area contributed by atoms with Crippen molar-refractivity contribution in [2.45, 2.75) is 0 Å². The number of nitrogens with zero attached hydrogens (tertiary/aromatic N) is 3. The molecule has 0 aromatic heterocycles. The first-order valence-corrected chi connectivity index (χ1v) is 8.46. The molecule has 0 spiro atoms. The lowest BCUT2D eigenvalue weighted by molar-refractivity contribution is 0.136. The lowest BCUT2D eigenvalue weighted by Crippen LogP contribution is -2.46. The predicted octanol–water partition coefficient (Wildman–Crippen LogP) is 5.03. The summed E-state index contributed by atoms with van der Waals surface area (Å²) in [6.45, 7) is -0.436. The topological polar surface area (TPSA) is 79.3 Å². The van der Waals surface area contributed by atoms with E-state index in [0.717, 1.165) is 0 Å². The van der Waals surface area contributed by atoms with Gasteiger partial charge in [-0.2, -0.15) is 5.01 Å². The lowest BCUT2D eigenvalue weighted by Gasteiger charge is -2.23. The molecule has 132 valence electrons. The number of hydrogen-bond donors (Lipinski definition) is 0. The van der Waals surface area contributed by atoms with Crippen molar-refractivity contribution in [3.05, 3.63) is 32.1 Å². The Balaban J connectivity index is 3.03. The Labute approximate surface area is 162 Å². The number of hydrogen-bond acceptors (Lipinski definition) is 5. The minimum Gasteiger partial charge on any atom is -0.407 e. The molecule has 0 aliphatic carbocycles. The van der Waals surface area contributed by atoms with Gasteiger partial charge < -0.3 is 4.74 Å². The molecule has 7 nitrogen and oxygen atoms in total. The van der Waals surface area contributed by atoms with E-state index < -0.39 is 12.1 Å². The van der Waals surface area contributed by atoms with E-state index in [-0.39, 0.29) is 45.7 Å². The minimum atomic E-state index is -1.14. The number of urea groups is 1. The number of rotatable bonds is 6. The van der Waals surface area contributed by atoms with E-state index >= 15 is 0 Å². The summed E-state index contributed by atoms with van der Waals surface area (Å²) in [6.07, 6.45) is -1.14. The number of nitroso groups, excluding NO2 is 1. The van der Waals surface area contributed by atoms with E-state index in [4.69, 9.17) is 62.7 Å². The predicted molar refractivity (Wildman–Crippen MR) is 93.5 cm³/mol. The third kappa shape index (κ3) is 5.53.